The Balaban J connectivity index is 2.34. The van der Waals surface area contributed by atoms with E-state index in [0.717, 1.165) is 17.0 Å². The SMILES string of the molecule is CN(C(=O)[C@@H]1CN(C(=O)O)C(=O)N1)c1ccc(F)c(C(C)(C)CCl)c1F. The number of hydrogen-bond acceptors (Lipinski definition) is 3. The molecule has 1 fully saturated rings. The molecule has 1 atom stereocenters. The van der Waals surface area contributed by atoms with E-state index in [2.05, 4.69) is 5.32 Å². The number of nitrogens with one attached hydrogen (secondary N) is 1. The summed E-state index contributed by atoms with van der Waals surface area (Å²) in [6.07, 6.45) is -1.50. The van der Waals surface area contributed by atoms with Crippen molar-refractivity contribution in [2.24, 2.45) is 0 Å². The first-order chi connectivity index (χ1) is 12.0. The number of imide groups is 1. The third kappa shape index (κ3) is 3.44. The quantitative estimate of drug-likeness (QED) is 0.774. The van der Waals surface area contributed by atoms with Crippen LogP contribution in [0.2, 0.25) is 0 Å². The predicted octanol–water partition coefficient (Wildman–Crippen LogP) is 2.52. The second-order valence-electron chi connectivity index (χ2n) is 6.57. The van der Waals surface area contributed by atoms with Gasteiger partial charge >= 0.3 is 12.1 Å². The minimum atomic E-state index is -1.50. The summed E-state index contributed by atoms with van der Waals surface area (Å²) in [6.45, 7) is 2.73. The number of halogens is 3. The second kappa shape index (κ2) is 7.06. The Hall–Kier alpha value is -2.42. The Morgan fingerprint density at radius 3 is 2.54 bits per heavy atom. The van der Waals surface area contributed by atoms with Gasteiger partial charge in [0, 0.05) is 23.9 Å². The summed E-state index contributed by atoms with van der Waals surface area (Å²) in [7, 11) is 1.26. The molecule has 1 heterocycles. The van der Waals surface area contributed by atoms with Crippen molar-refractivity contribution in [1.82, 2.24) is 10.2 Å². The Labute approximate surface area is 153 Å². The molecule has 10 heteroatoms. The monoisotopic (exact) mass is 389 g/mol. The zero-order chi connectivity index (χ0) is 19.8. The third-order valence-corrected chi connectivity index (χ3v) is 4.88. The van der Waals surface area contributed by atoms with E-state index in [9.17, 15) is 23.2 Å². The first-order valence-electron chi connectivity index (χ1n) is 7.64. The lowest BCUT2D eigenvalue weighted by atomic mass is 9.85. The molecule has 1 aliphatic rings. The molecule has 0 aromatic heterocycles. The van der Waals surface area contributed by atoms with E-state index in [1.807, 2.05) is 0 Å². The fourth-order valence-corrected chi connectivity index (χ4v) is 2.82. The number of hydrogen-bond donors (Lipinski definition) is 2. The van der Waals surface area contributed by atoms with Gasteiger partial charge in [-0.15, -0.1) is 11.6 Å². The van der Waals surface area contributed by atoms with E-state index < -0.39 is 47.7 Å². The maximum atomic E-state index is 14.9. The molecular weight excluding hydrogens is 372 g/mol. The highest BCUT2D eigenvalue weighted by Gasteiger charge is 2.39. The number of carboxylic acid groups (broad SMARTS) is 1. The van der Waals surface area contributed by atoms with Crippen molar-refractivity contribution in [2.75, 3.05) is 24.4 Å². The van der Waals surface area contributed by atoms with Crippen LogP contribution in [0.25, 0.3) is 0 Å². The fourth-order valence-electron chi connectivity index (χ4n) is 2.68. The van der Waals surface area contributed by atoms with Crippen LogP contribution < -0.4 is 10.2 Å². The van der Waals surface area contributed by atoms with E-state index in [4.69, 9.17) is 16.7 Å². The van der Waals surface area contributed by atoms with E-state index >= 15 is 0 Å². The van der Waals surface area contributed by atoms with Crippen LogP contribution in [-0.2, 0) is 10.2 Å². The molecule has 0 radical (unpaired) electrons. The maximum Gasteiger partial charge on any atom is 0.415 e. The largest absolute Gasteiger partial charge is 0.465 e. The van der Waals surface area contributed by atoms with Crippen LogP contribution in [0.15, 0.2) is 12.1 Å². The normalized spacial score (nSPS) is 17.2. The molecule has 1 aliphatic heterocycles. The summed E-state index contributed by atoms with van der Waals surface area (Å²) in [4.78, 5) is 36.4. The molecule has 7 nitrogen and oxygen atoms in total. The number of rotatable bonds is 4. The van der Waals surface area contributed by atoms with Crippen molar-refractivity contribution in [2.45, 2.75) is 25.3 Å². The molecule has 0 aliphatic carbocycles. The summed E-state index contributed by atoms with van der Waals surface area (Å²) < 4.78 is 29.0. The van der Waals surface area contributed by atoms with Crippen LogP contribution >= 0.6 is 11.6 Å². The van der Waals surface area contributed by atoms with Crippen LogP contribution in [0, 0.1) is 11.6 Å². The molecule has 0 saturated carbocycles. The van der Waals surface area contributed by atoms with E-state index in [-0.39, 0.29) is 17.1 Å². The second-order valence-corrected chi connectivity index (χ2v) is 6.83. The highest BCUT2D eigenvalue weighted by Crippen LogP contribution is 2.34. The van der Waals surface area contributed by atoms with Gasteiger partial charge in [0.15, 0.2) is 5.82 Å². The average molecular weight is 390 g/mol. The maximum absolute atomic E-state index is 14.9. The molecule has 1 saturated heterocycles. The van der Waals surface area contributed by atoms with Crippen LogP contribution in [-0.4, -0.2) is 53.6 Å². The van der Waals surface area contributed by atoms with Crippen molar-refractivity contribution < 1.29 is 28.3 Å². The number of anilines is 1. The Morgan fingerprint density at radius 2 is 2.04 bits per heavy atom. The summed E-state index contributed by atoms with van der Waals surface area (Å²) in [6, 6.07) is 0.0235. The van der Waals surface area contributed by atoms with Gasteiger partial charge in [0.25, 0.3) is 5.91 Å². The summed E-state index contributed by atoms with van der Waals surface area (Å²) in [5.74, 6) is -2.51. The van der Waals surface area contributed by atoms with Gasteiger partial charge in [0.05, 0.1) is 12.2 Å². The average Bonchev–Trinajstić information content (AvgIpc) is 2.95. The highest BCUT2D eigenvalue weighted by molar-refractivity contribution is 6.18. The van der Waals surface area contributed by atoms with Crippen molar-refractivity contribution in [3.8, 4) is 0 Å². The molecule has 2 rings (SSSR count). The van der Waals surface area contributed by atoms with Gasteiger partial charge in [-0.3, -0.25) is 4.79 Å². The number of benzene rings is 1. The number of amides is 4. The van der Waals surface area contributed by atoms with Crippen molar-refractivity contribution in [1.29, 1.82) is 0 Å². The molecule has 142 valence electrons. The smallest absolute Gasteiger partial charge is 0.415 e. The van der Waals surface area contributed by atoms with Gasteiger partial charge in [-0.25, -0.2) is 23.3 Å². The van der Waals surface area contributed by atoms with Crippen LogP contribution in [0.1, 0.15) is 19.4 Å². The number of carbonyl (C=O) groups excluding carboxylic acids is 2. The minimum Gasteiger partial charge on any atom is -0.465 e. The molecule has 2 N–H and O–H groups in total. The number of nitrogens with zero attached hydrogens (tertiary/aromatic N) is 2. The van der Waals surface area contributed by atoms with Gasteiger partial charge in [-0.2, -0.15) is 0 Å². The topological polar surface area (TPSA) is 90.0 Å². The molecule has 26 heavy (non-hydrogen) atoms. The lowest BCUT2D eigenvalue weighted by molar-refractivity contribution is -0.119. The molecular formula is C16H18ClF2N3O4. The summed E-state index contributed by atoms with van der Waals surface area (Å²) in [5.41, 5.74) is -1.48. The van der Waals surface area contributed by atoms with Crippen LogP contribution in [0.3, 0.4) is 0 Å². The first-order valence-corrected chi connectivity index (χ1v) is 8.17. The zero-order valence-electron chi connectivity index (χ0n) is 14.3. The molecule has 4 amide bonds. The van der Waals surface area contributed by atoms with Gasteiger partial charge in [0.1, 0.15) is 11.9 Å². The number of alkyl halides is 1. The Bertz CT molecular complexity index is 772. The Kier molecular flexibility index (Phi) is 5.41. The lowest BCUT2D eigenvalue weighted by Gasteiger charge is -2.27. The molecule has 0 bridgehead atoms. The molecule has 1 aromatic carbocycles. The zero-order valence-corrected chi connectivity index (χ0v) is 15.1. The van der Waals surface area contributed by atoms with Crippen LogP contribution in [0.5, 0.6) is 0 Å². The van der Waals surface area contributed by atoms with Gasteiger partial charge < -0.3 is 15.3 Å². The summed E-state index contributed by atoms with van der Waals surface area (Å²) in [5, 5.41) is 11.1. The molecule has 0 spiro atoms. The number of urea groups is 1. The highest BCUT2D eigenvalue weighted by atomic mass is 35.5. The Morgan fingerprint density at radius 1 is 1.42 bits per heavy atom. The van der Waals surface area contributed by atoms with E-state index in [0.29, 0.717) is 4.90 Å². The number of carbonyl (C=O) groups is 3. The van der Waals surface area contributed by atoms with Crippen molar-refractivity contribution in [3.05, 3.63) is 29.3 Å². The van der Waals surface area contributed by atoms with E-state index in [1.165, 1.54) is 7.05 Å². The fraction of sp³-hybridized carbons (Fsp3) is 0.438. The predicted molar refractivity (Wildman–Crippen MR) is 90.6 cm³/mol. The van der Waals surface area contributed by atoms with Crippen molar-refractivity contribution >= 4 is 35.3 Å². The van der Waals surface area contributed by atoms with E-state index in [1.54, 1.807) is 13.8 Å². The van der Waals surface area contributed by atoms with Crippen LogP contribution in [0.4, 0.5) is 24.1 Å². The molecule has 1 aromatic rings. The van der Waals surface area contributed by atoms with Gasteiger partial charge in [-0.05, 0) is 12.1 Å². The molecule has 0 unspecified atom stereocenters. The number of likely N-dealkylation sites (N-methyl/N-ethyl adjacent to an activating group) is 1. The summed E-state index contributed by atoms with van der Waals surface area (Å²) >= 11 is 5.81. The van der Waals surface area contributed by atoms with Gasteiger partial charge in [-0.1, -0.05) is 13.8 Å². The lowest BCUT2D eigenvalue weighted by Crippen LogP contribution is -2.44. The van der Waals surface area contributed by atoms with Crippen molar-refractivity contribution in [3.63, 3.8) is 0 Å². The third-order valence-electron chi connectivity index (χ3n) is 4.21. The standard InChI is InChI=1S/C16H18ClF2N3O4/c1-16(2,7-17)11-8(18)4-5-10(12(11)19)21(3)13(23)9-6-22(15(25)26)14(24)20-9/h4-5,9H,6-7H2,1-3H3,(H,20,24)(H,25,26)/t9-/m0/s1. The van der Waals surface area contributed by atoms with Gasteiger partial charge in [0.2, 0.25) is 0 Å². The first kappa shape index (κ1) is 19.9. The minimum absolute atomic E-state index is 0.0474.